The lowest BCUT2D eigenvalue weighted by atomic mass is 10.2. The minimum atomic E-state index is -1.66. The summed E-state index contributed by atoms with van der Waals surface area (Å²) < 4.78 is 11.8. The molecule has 0 amide bonds. The summed E-state index contributed by atoms with van der Waals surface area (Å²) in [6, 6.07) is 0. The maximum absolute atomic E-state index is 6.08. The first-order valence-corrected chi connectivity index (χ1v) is 8.94. The molecule has 1 aliphatic rings. The Labute approximate surface area is 84.9 Å². The number of hydrogen-bond acceptors (Lipinski definition) is 2. The van der Waals surface area contributed by atoms with Gasteiger partial charge in [0, 0.05) is 6.61 Å². The van der Waals surface area contributed by atoms with Crippen LogP contribution >= 0.6 is 0 Å². The van der Waals surface area contributed by atoms with Gasteiger partial charge in [0.15, 0.2) is 0 Å². The van der Waals surface area contributed by atoms with E-state index in [4.69, 9.17) is 9.16 Å². The van der Waals surface area contributed by atoms with Crippen molar-refractivity contribution in [2.75, 3.05) is 6.61 Å². The van der Waals surface area contributed by atoms with Crippen molar-refractivity contribution in [3.05, 3.63) is 12.3 Å². The molecular formula is C9H20O2Si2. The number of hydrogen-bond donors (Lipinski definition) is 0. The normalized spacial score (nSPS) is 30.3. The van der Waals surface area contributed by atoms with E-state index in [0.29, 0.717) is 0 Å². The van der Waals surface area contributed by atoms with Crippen LogP contribution in [-0.2, 0) is 9.16 Å². The van der Waals surface area contributed by atoms with Crippen molar-refractivity contribution >= 4 is 18.6 Å². The number of ether oxygens (including phenoxy) is 1. The lowest BCUT2D eigenvalue weighted by molar-refractivity contribution is -0.148. The molecule has 0 spiro atoms. The smallest absolute Gasteiger partial charge is 0.213 e. The minimum absolute atomic E-state index is 0.206. The highest BCUT2D eigenvalue weighted by Crippen LogP contribution is 2.26. The van der Waals surface area contributed by atoms with Gasteiger partial charge in [-0.05, 0) is 32.4 Å². The van der Waals surface area contributed by atoms with Crippen LogP contribution in [0.3, 0.4) is 0 Å². The molecule has 0 aliphatic carbocycles. The Hall–Kier alpha value is 0.0938. The summed E-state index contributed by atoms with van der Waals surface area (Å²) in [5.74, 6) is 0. The zero-order valence-electron chi connectivity index (χ0n) is 8.93. The highest BCUT2D eigenvalue weighted by Gasteiger charge is 2.34. The van der Waals surface area contributed by atoms with Gasteiger partial charge in [-0.1, -0.05) is 5.70 Å². The van der Waals surface area contributed by atoms with Crippen LogP contribution in [0.4, 0.5) is 0 Å². The van der Waals surface area contributed by atoms with Gasteiger partial charge >= 0.3 is 0 Å². The van der Waals surface area contributed by atoms with Gasteiger partial charge in [0.1, 0.15) is 5.41 Å². The lowest BCUT2D eigenvalue weighted by Gasteiger charge is -2.39. The average molecular weight is 216 g/mol. The maximum Gasteiger partial charge on any atom is 0.213 e. The van der Waals surface area contributed by atoms with E-state index < -0.39 is 8.32 Å². The molecule has 1 rings (SSSR count). The number of rotatable bonds is 3. The first-order chi connectivity index (χ1) is 5.97. The Morgan fingerprint density at radius 3 is 2.69 bits per heavy atom. The molecule has 0 aromatic rings. The first-order valence-electron chi connectivity index (χ1n) is 4.95. The molecule has 1 aliphatic heterocycles. The van der Waals surface area contributed by atoms with Crippen molar-refractivity contribution < 1.29 is 9.16 Å². The highest BCUT2D eigenvalue weighted by atomic mass is 28.4. The third-order valence-corrected chi connectivity index (χ3v) is 5.75. The molecule has 1 fully saturated rings. The van der Waals surface area contributed by atoms with Gasteiger partial charge in [-0.15, -0.1) is 6.58 Å². The second-order valence-corrected chi connectivity index (χ2v) is 9.69. The summed E-state index contributed by atoms with van der Waals surface area (Å²) in [6.07, 6.45) is 3.50. The second-order valence-electron chi connectivity index (χ2n) is 4.35. The first kappa shape index (κ1) is 11.2. The molecular weight excluding hydrogens is 196 g/mol. The molecule has 1 saturated heterocycles. The molecule has 0 aromatic carbocycles. The second kappa shape index (κ2) is 4.08. The fourth-order valence-electron chi connectivity index (χ4n) is 1.59. The van der Waals surface area contributed by atoms with Crippen molar-refractivity contribution in [1.82, 2.24) is 0 Å². The predicted octanol–water partition coefficient (Wildman–Crippen LogP) is 1.15. The molecule has 0 N–H and O–H groups in total. The van der Waals surface area contributed by atoms with Gasteiger partial charge in [0.05, 0.1) is 10.2 Å². The molecule has 4 heteroatoms. The summed E-state index contributed by atoms with van der Waals surface area (Å²) >= 11 is 0. The Balaban J connectivity index is 2.54. The molecule has 0 aromatic heterocycles. The zero-order valence-corrected chi connectivity index (χ0v) is 11.9. The zero-order chi connectivity index (χ0) is 9.95. The van der Waals surface area contributed by atoms with E-state index >= 15 is 0 Å². The molecule has 0 bridgehead atoms. The summed E-state index contributed by atoms with van der Waals surface area (Å²) in [5, 5.41) is 0. The Morgan fingerprint density at radius 2 is 2.23 bits per heavy atom. The Kier molecular flexibility index (Phi) is 3.51. The van der Waals surface area contributed by atoms with E-state index in [9.17, 15) is 0 Å². The quantitative estimate of drug-likeness (QED) is 0.659. The maximum atomic E-state index is 6.08. The molecule has 1 unspecified atom stereocenters. The van der Waals surface area contributed by atoms with Crippen LogP contribution in [0.2, 0.25) is 13.1 Å². The largest absolute Gasteiger partial charge is 0.390 e. The predicted molar refractivity (Wildman–Crippen MR) is 61.2 cm³/mol. The molecule has 0 saturated carbocycles. The third-order valence-electron chi connectivity index (χ3n) is 2.40. The van der Waals surface area contributed by atoms with Crippen molar-refractivity contribution in [3.63, 3.8) is 0 Å². The lowest BCUT2D eigenvalue weighted by Crippen LogP contribution is -2.47. The van der Waals surface area contributed by atoms with E-state index in [1.54, 1.807) is 0 Å². The van der Waals surface area contributed by atoms with E-state index in [0.717, 1.165) is 23.3 Å². The average Bonchev–Trinajstić information content (AvgIpc) is 2.04. The van der Waals surface area contributed by atoms with Gasteiger partial charge in [-0.2, -0.15) is 0 Å². The minimum Gasteiger partial charge on any atom is -0.390 e. The van der Waals surface area contributed by atoms with Crippen molar-refractivity contribution in [2.24, 2.45) is 0 Å². The molecule has 1 atom stereocenters. The van der Waals surface area contributed by atoms with Crippen LogP contribution < -0.4 is 0 Å². The van der Waals surface area contributed by atoms with Crippen LogP contribution in [0.1, 0.15) is 19.3 Å². The van der Waals surface area contributed by atoms with Crippen LogP contribution in [0.25, 0.3) is 0 Å². The van der Waals surface area contributed by atoms with E-state index in [1.807, 2.05) is 5.70 Å². The van der Waals surface area contributed by atoms with Crippen LogP contribution in [-0.4, -0.2) is 30.6 Å². The highest BCUT2D eigenvalue weighted by molar-refractivity contribution is 6.76. The topological polar surface area (TPSA) is 18.5 Å². The molecule has 0 radical (unpaired) electrons. The monoisotopic (exact) mass is 216 g/mol. The van der Waals surface area contributed by atoms with Crippen LogP contribution in [0.5, 0.6) is 0 Å². The fraction of sp³-hybridized carbons (Fsp3) is 0.778. The summed E-state index contributed by atoms with van der Waals surface area (Å²) in [5.41, 5.74) is 1.77. The van der Waals surface area contributed by atoms with Gasteiger partial charge < -0.3 is 9.16 Å². The standard InChI is InChI=1S/C9H20O2Si2/c1-4-13(2,3)11-9(12)7-5-6-8-10-9/h4H,1,5-8H2,2-3,12H3. The van der Waals surface area contributed by atoms with Gasteiger partial charge in [0.2, 0.25) is 8.32 Å². The van der Waals surface area contributed by atoms with Gasteiger partial charge in [-0.3, -0.25) is 0 Å². The van der Waals surface area contributed by atoms with Crippen molar-refractivity contribution in [3.8, 4) is 0 Å². The fourth-order valence-corrected chi connectivity index (χ4v) is 5.08. The van der Waals surface area contributed by atoms with Crippen LogP contribution in [0.15, 0.2) is 12.3 Å². The Morgan fingerprint density at radius 1 is 1.54 bits per heavy atom. The van der Waals surface area contributed by atoms with Gasteiger partial charge in [-0.25, -0.2) is 0 Å². The van der Waals surface area contributed by atoms with Crippen LogP contribution in [0, 0.1) is 0 Å². The van der Waals surface area contributed by atoms with Gasteiger partial charge in [0.25, 0.3) is 0 Å². The van der Waals surface area contributed by atoms with Crippen molar-refractivity contribution in [1.29, 1.82) is 0 Å². The summed E-state index contributed by atoms with van der Waals surface area (Å²) in [7, 11) is -0.705. The third kappa shape index (κ3) is 3.38. The summed E-state index contributed by atoms with van der Waals surface area (Å²) in [6.45, 7) is 9.02. The molecule has 13 heavy (non-hydrogen) atoms. The van der Waals surface area contributed by atoms with E-state index in [2.05, 4.69) is 19.7 Å². The Bertz CT molecular complexity index is 186. The molecule has 76 valence electrons. The van der Waals surface area contributed by atoms with E-state index in [1.165, 1.54) is 12.8 Å². The molecule has 1 heterocycles. The van der Waals surface area contributed by atoms with Crippen molar-refractivity contribution in [2.45, 2.75) is 37.8 Å². The molecule has 2 nitrogen and oxygen atoms in total. The SMILES string of the molecule is C=C[Si](C)(C)OC1([SiH3])CCCCO1. The summed E-state index contributed by atoms with van der Waals surface area (Å²) in [4.78, 5) is 0. The van der Waals surface area contributed by atoms with E-state index in [-0.39, 0.29) is 5.41 Å².